The van der Waals surface area contributed by atoms with E-state index in [9.17, 15) is 4.79 Å². The van der Waals surface area contributed by atoms with E-state index in [2.05, 4.69) is 26.2 Å². The molecule has 0 aliphatic heterocycles. The van der Waals surface area contributed by atoms with Gasteiger partial charge in [-0.1, -0.05) is 15.9 Å². The number of hydrogen-bond donors (Lipinski definition) is 1. The number of carbonyl (C=O) groups is 1. The van der Waals surface area contributed by atoms with Gasteiger partial charge in [-0.2, -0.15) is 0 Å². The Morgan fingerprint density at radius 1 is 1.10 bits per heavy atom. The Morgan fingerprint density at radius 2 is 1.71 bits per heavy atom. The Hall–Kier alpha value is -1.88. The molecule has 0 saturated carbocycles. The number of benzene rings is 1. The van der Waals surface area contributed by atoms with Crippen LogP contribution in [0.3, 0.4) is 0 Å². The van der Waals surface area contributed by atoms with Crippen LogP contribution in [0.15, 0.2) is 47.1 Å². The van der Waals surface area contributed by atoms with Gasteiger partial charge < -0.3 is 10.2 Å². The summed E-state index contributed by atoms with van der Waals surface area (Å²) < 4.78 is 1.03. The average Bonchev–Trinajstić information content (AvgIpc) is 2.51. The van der Waals surface area contributed by atoms with Crippen molar-refractivity contribution in [1.82, 2.24) is 9.88 Å². The van der Waals surface area contributed by atoms with Crippen molar-refractivity contribution in [3.05, 3.63) is 52.8 Å². The number of aromatic nitrogens is 1. The first kappa shape index (κ1) is 15.5. The lowest BCUT2D eigenvalue weighted by molar-refractivity contribution is 0.0767. The van der Waals surface area contributed by atoms with Crippen molar-refractivity contribution in [3.8, 4) is 0 Å². The van der Waals surface area contributed by atoms with Gasteiger partial charge >= 0.3 is 0 Å². The van der Waals surface area contributed by atoms with Crippen molar-refractivity contribution < 1.29 is 4.79 Å². The number of hydrogen-bond acceptors (Lipinski definition) is 3. The number of anilines is 2. The van der Waals surface area contributed by atoms with E-state index >= 15 is 0 Å². The minimum absolute atomic E-state index is 0.0322. The molecule has 1 aromatic heterocycles. The van der Waals surface area contributed by atoms with Crippen LogP contribution in [0, 0.1) is 0 Å². The Kier molecular flexibility index (Phi) is 5.33. The van der Waals surface area contributed by atoms with Crippen LogP contribution in [0.2, 0.25) is 0 Å². The van der Waals surface area contributed by atoms with Crippen LogP contribution in [0.25, 0.3) is 0 Å². The molecule has 0 aliphatic carbocycles. The molecule has 2 rings (SSSR count). The fourth-order valence-electron chi connectivity index (χ4n) is 1.97. The summed E-state index contributed by atoms with van der Waals surface area (Å²) in [6, 6.07) is 11.5. The molecule has 0 saturated heterocycles. The zero-order chi connectivity index (χ0) is 15.2. The molecule has 21 heavy (non-hydrogen) atoms. The lowest BCUT2D eigenvalue weighted by Gasteiger charge is -2.18. The number of nitrogens with one attached hydrogen (secondary N) is 1. The smallest absolute Gasteiger partial charge is 0.272 e. The van der Waals surface area contributed by atoms with Crippen molar-refractivity contribution in [2.75, 3.05) is 18.4 Å². The van der Waals surface area contributed by atoms with Crippen molar-refractivity contribution in [2.24, 2.45) is 0 Å². The molecule has 0 spiro atoms. The van der Waals surface area contributed by atoms with E-state index in [4.69, 9.17) is 0 Å². The van der Waals surface area contributed by atoms with Gasteiger partial charge in [0.15, 0.2) is 0 Å². The summed E-state index contributed by atoms with van der Waals surface area (Å²) in [4.78, 5) is 18.2. The third-order valence-corrected chi connectivity index (χ3v) is 3.69. The maximum absolute atomic E-state index is 12.2. The molecule has 1 aromatic carbocycles. The summed E-state index contributed by atoms with van der Waals surface area (Å²) in [7, 11) is 0. The second kappa shape index (κ2) is 7.22. The van der Waals surface area contributed by atoms with Crippen LogP contribution in [0.5, 0.6) is 0 Å². The first-order valence-corrected chi connectivity index (χ1v) is 7.71. The fourth-order valence-corrected chi connectivity index (χ4v) is 2.23. The zero-order valence-electron chi connectivity index (χ0n) is 12.1. The summed E-state index contributed by atoms with van der Waals surface area (Å²) in [6.45, 7) is 5.31. The Labute approximate surface area is 133 Å². The molecular formula is C16H18BrN3O. The first-order chi connectivity index (χ1) is 10.1. The van der Waals surface area contributed by atoms with E-state index in [-0.39, 0.29) is 5.91 Å². The minimum Gasteiger partial charge on any atom is -0.354 e. The van der Waals surface area contributed by atoms with Gasteiger partial charge in [-0.3, -0.25) is 4.79 Å². The van der Waals surface area contributed by atoms with Crippen molar-refractivity contribution in [1.29, 1.82) is 0 Å². The van der Waals surface area contributed by atoms with Crippen LogP contribution in [0.4, 0.5) is 11.4 Å². The summed E-state index contributed by atoms with van der Waals surface area (Å²) >= 11 is 3.40. The molecule has 0 fully saturated rings. The van der Waals surface area contributed by atoms with Crippen molar-refractivity contribution in [3.63, 3.8) is 0 Å². The third kappa shape index (κ3) is 4.04. The lowest BCUT2D eigenvalue weighted by Crippen LogP contribution is -2.31. The van der Waals surface area contributed by atoms with Gasteiger partial charge in [0.2, 0.25) is 0 Å². The van der Waals surface area contributed by atoms with E-state index in [1.807, 2.05) is 44.2 Å². The molecular weight excluding hydrogens is 330 g/mol. The maximum Gasteiger partial charge on any atom is 0.272 e. The number of carbonyl (C=O) groups excluding carboxylic acids is 1. The van der Waals surface area contributed by atoms with Gasteiger partial charge in [0.25, 0.3) is 5.91 Å². The van der Waals surface area contributed by atoms with Gasteiger partial charge in [-0.25, -0.2) is 4.98 Å². The maximum atomic E-state index is 12.2. The summed E-state index contributed by atoms with van der Waals surface area (Å²) in [5, 5.41) is 3.25. The molecule has 1 heterocycles. The Bertz CT molecular complexity index is 592. The third-order valence-electron chi connectivity index (χ3n) is 3.17. The monoisotopic (exact) mass is 347 g/mol. The summed E-state index contributed by atoms with van der Waals surface area (Å²) in [6.07, 6.45) is 1.68. The number of nitrogens with zero attached hydrogens (tertiary/aromatic N) is 2. The zero-order valence-corrected chi connectivity index (χ0v) is 13.7. The van der Waals surface area contributed by atoms with Crippen LogP contribution < -0.4 is 5.32 Å². The molecule has 4 nitrogen and oxygen atoms in total. The first-order valence-electron chi connectivity index (χ1n) is 6.92. The van der Waals surface area contributed by atoms with Gasteiger partial charge in [-0.15, -0.1) is 0 Å². The average molecular weight is 348 g/mol. The molecule has 2 aromatic rings. The van der Waals surface area contributed by atoms with Crippen LogP contribution in [-0.4, -0.2) is 28.9 Å². The quantitative estimate of drug-likeness (QED) is 0.886. The highest BCUT2D eigenvalue weighted by Crippen LogP contribution is 2.19. The molecule has 1 N–H and O–H groups in total. The number of pyridine rings is 1. The highest BCUT2D eigenvalue weighted by atomic mass is 79.9. The summed E-state index contributed by atoms with van der Waals surface area (Å²) in [5.41, 5.74) is 2.30. The Balaban J connectivity index is 2.08. The molecule has 5 heteroatoms. The highest BCUT2D eigenvalue weighted by Gasteiger charge is 2.13. The molecule has 0 aliphatic rings. The van der Waals surface area contributed by atoms with Gasteiger partial charge in [0.1, 0.15) is 5.69 Å². The molecule has 1 amide bonds. The van der Waals surface area contributed by atoms with Crippen molar-refractivity contribution >= 4 is 33.2 Å². The predicted molar refractivity (Wildman–Crippen MR) is 88.9 cm³/mol. The lowest BCUT2D eigenvalue weighted by atomic mass is 10.2. The molecule has 0 unspecified atom stereocenters. The number of amides is 1. The van der Waals surface area contributed by atoms with E-state index < -0.39 is 0 Å². The standard InChI is InChI=1S/C16H18BrN3O/c1-3-20(4-2)16(21)15-10-9-14(11-18-15)19-13-7-5-12(17)6-8-13/h5-11,19H,3-4H2,1-2H3. The molecule has 0 atom stereocenters. The normalized spacial score (nSPS) is 10.2. The molecule has 0 bridgehead atoms. The Morgan fingerprint density at radius 3 is 2.24 bits per heavy atom. The predicted octanol–water partition coefficient (Wildman–Crippen LogP) is 4.07. The minimum atomic E-state index is -0.0322. The van der Waals surface area contributed by atoms with Crippen LogP contribution in [-0.2, 0) is 0 Å². The number of rotatable bonds is 5. The van der Waals surface area contributed by atoms with Crippen LogP contribution in [0.1, 0.15) is 24.3 Å². The SMILES string of the molecule is CCN(CC)C(=O)c1ccc(Nc2ccc(Br)cc2)cn1. The van der Waals surface area contributed by atoms with Crippen molar-refractivity contribution in [2.45, 2.75) is 13.8 Å². The van der Waals surface area contributed by atoms with E-state index in [0.29, 0.717) is 18.8 Å². The van der Waals surface area contributed by atoms with E-state index in [1.54, 1.807) is 17.2 Å². The van der Waals surface area contributed by atoms with E-state index in [0.717, 1.165) is 15.8 Å². The highest BCUT2D eigenvalue weighted by molar-refractivity contribution is 9.10. The second-order valence-corrected chi connectivity index (χ2v) is 5.46. The van der Waals surface area contributed by atoms with Gasteiger partial charge in [-0.05, 0) is 50.2 Å². The second-order valence-electron chi connectivity index (χ2n) is 4.54. The van der Waals surface area contributed by atoms with Crippen LogP contribution >= 0.6 is 15.9 Å². The number of halogens is 1. The largest absolute Gasteiger partial charge is 0.354 e. The van der Waals surface area contributed by atoms with Gasteiger partial charge in [0.05, 0.1) is 11.9 Å². The van der Waals surface area contributed by atoms with E-state index in [1.165, 1.54) is 0 Å². The molecule has 0 radical (unpaired) electrons. The summed E-state index contributed by atoms with van der Waals surface area (Å²) in [5.74, 6) is -0.0322. The molecule has 110 valence electrons. The fraction of sp³-hybridized carbons (Fsp3) is 0.250. The van der Waals surface area contributed by atoms with Gasteiger partial charge in [0, 0.05) is 23.2 Å². The topological polar surface area (TPSA) is 45.2 Å².